The fourth-order valence-corrected chi connectivity index (χ4v) is 2.73. The maximum atomic E-state index is 11.0. The van der Waals surface area contributed by atoms with Gasteiger partial charge in [-0.1, -0.05) is 0 Å². The highest BCUT2D eigenvalue weighted by molar-refractivity contribution is 5.72. The molecule has 3 rings (SSSR count). The Morgan fingerprint density at radius 1 is 1.13 bits per heavy atom. The standard InChI is InChI=1S/C12H19NO2/c14-12(15)10-5-6-11(10)13(9-3-4-9)7-8-1-2-8/h8-11H,1-7H2,(H,14,15). The van der Waals surface area contributed by atoms with Gasteiger partial charge in [0.1, 0.15) is 0 Å². The minimum absolute atomic E-state index is 0.0654. The summed E-state index contributed by atoms with van der Waals surface area (Å²) < 4.78 is 0. The Morgan fingerprint density at radius 2 is 1.87 bits per heavy atom. The highest BCUT2D eigenvalue weighted by Crippen LogP contribution is 2.42. The van der Waals surface area contributed by atoms with Gasteiger partial charge < -0.3 is 5.11 Å². The molecule has 84 valence electrons. The van der Waals surface area contributed by atoms with Crippen molar-refractivity contribution in [1.82, 2.24) is 4.90 Å². The van der Waals surface area contributed by atoms with Crippen LogP contribution in [0.25, 0.3) is 0 Å². The Kier molecular flexibility index (Phi) is 2.23. The molecule has 3 heteroatoms. The summed E-state index contributed by atoms with van der Waals surface area (Å²) in [6.45, 7) is 1.18. The maximum Gasteiger partial charge on any atom is 0.308 e. The van der Waals surface area contributed by atoms with Gasteiger partial charge in [0.2, 0.25) is 0 Å². The first kappa shape index (κ1) is 9.64. The Labute approximate surface area is 90.5 Å². The molecule has 15 heavy (non-hydrogen) atoms. The van der Waals surface area contributed by atoms with Crippen molar-refractivity contribution in [1.29, 1.82) is 0 Å². The molecule has 0 bridgehead atoms. The third-order valence-corrected chi connectivity index (χ3v) is 4.16. The predicted octanol–water partition coefficient (Wildman–Crippen LogP) is 1.72. The summed E-state index contributed by atoms with van der Waals surface area (Å²) in [5, 5.41) is 9.08. The lowest BCUT2D eigenvalue weighted by Crippen LogP contribution is -2.51. The second-order valence-electron chi connectivity index (χ2n) is 5.46. The zero-order valence-electron chi connectivity index (χ0n) is 9.06. The second kappa shape index (κ2) is 3.48. The number of hydrogen-bond acceptors (Lipinski definition) is 2. The topological polar surface area (TPSA) is 40.5 Å². The third kappa shape index (κ3) is 1.89. The molecule has 3 nitrogen and oxygen atoms in total. The number of nitrogens with zero attached hydrogens (tertiary/aromatic N) is 1. The van der Waals surface area contributed by atoms with E-state index in [-0.39, 0.29) is 5.92 Å². The van der Waals surface area contributed by atoms with Crippen molar-refractivity contribution in [3.05, 3.63) is 0 Å². The molecule has 3 aliphatic rings. The molecule has 0 aliphatic heterocycles. The van der Waals surface area contributed by atoms with Crippen molar-refractivity contribution in [2.24, 2.45) is 11.8 Å². The molecule has 0 aromatic heterocycles. The third-order valence-electron chi connectivity index (χ3n) is 4.16. The van der Waals surface area contributed by atoms with Crippen LogP contribution in [0.1, 0.15) is 38.5 Å². The van der Waals surface area contributed by atoms with Crippen molar-refractivity contribution in [2.45, 2.75) is 50.6 Å². The van der Waals surface area contributed by atoms with Crippen molar-refractivity contribution in [3.63, 3.8) is 0 Å². The van der Waals surface area contributed by atoms with E-state index in [9.17, 15) is 4.79 Å². The van der Waals surface area contributed by atoms with Crippen LogP contribution in [0.15, 0.2) is 0 Å². The van der Waals surface area contributed by atoms with Crippen LogP contribution in [0.4, 0.5) is 0 Å². The zero-order chi connectivity index (χ0) is 10.4. The van der Waals surface area contributed by atoms with E-state index in [1.54, 1.807) is 0 Å². The van der Waals surface area contributed by atoms with Crippen LogP contribution in [0.3, 0.4) is 0 Å². The normalized spacial score (nSPS) is 35.3. The van der Waals surface area contributed by atoms with Gasteiger partial charge in [-0.05, 0) is 44.4 Å². The van der Waals surface area contributed by atoms with E-state index in [0.29, 0.717) is 6.04 Å². The summed E-state index contributed by atoms with van der Waals surface area (Å²) in [4.78, 5) is 13.5. The minimum Gasteiger partial charge on any atom is -0.481 e. The van der Waals surface area contributed by atoms with Crippen molar-refractivity contribution in [2.75, 3.05) is 6.54 Å². The maximum absolute atomic E-state index is 11.0. The molecule has 0 saturated heterocycles. The lowest BCUT2D eigenvalue weighted by Gasteiger charge is -2.42. The van der Waals surface area contributed by atoms with Gasteiger partial charge in [0.05, 0.1) is 5.92 Å². The van der Waals surface area contributed by atoms with Crippen LogP contribution >= 0.6 is 0 Å². The fraction of sp³-hybridized carbons (Fsp3) is 0.917. The SMILES string of the molecule is O=C(O)C1CCC1N(CC1CC1)C1CC1. The fourth-order valence-electron chi connectivity index (χ4n) is 2.73. The molecule has 3 fully saturated rings. The van der Waals surface area contributed by atoms with E-state index in [0.717, 1.165) is 24.8 Å². The number of hydrogen-bond donors (Lipinski definition) is 1. The minimum atomic E-state index is -0.576. The van der Waals surface area contributed by atoms with Crippen LogP contribution in [0.5, 0.6) is 0 Å². The number of carboxylic acids is 1. The number of aliphatic carboxylic acids is 1. The summed E-state index contributed by atoms with van der Waals surface area (Å²) in [6.07, 6.45) is 7.35. The summed E-state index contributed by atoms with van der Waals surface area (Å²) in [7, 11) is 0. The molecule has 2 unspecified atom stereocenters. The molecule has 1 N–H and O–H groups in total. The van der Waals surface area contributed by atoms with Gasteiger partial charge in [0.25, 0.3) is 0 Å². The van der Waals surface area contributed by atoms with Crippen LogP contribution in [0.2, 0.25) is 0 Å². The zero-order valence-corrected chi connectivity index (χ0v) is 9.06. The molecule has 0 heterocycles. The number of carbonyl (C=O) groups is 1. The van der Waals surface area contributed by atoms with E-state index in [2.05, 4.69) is 4.90 Å². The van der Waals surface area contributed by atoms with Crippen molar-refractivity contribution in [3.8, 4) is 0 Å². The van der Waals surface area contributed by atoms with Gasteiger partial charge in [-0.2, -0.15) is 0 Å². The summed E-state index contributed by atoms with van der Waals surface area (Å²) in [5.74, 6) is 0.248. The smallest absolute Gasteiger partial charge is 0.308 e. The van der Waals surface area contributed by atoms with Crippen LogP contribution in [-0.4, -0.2) is 34.6 Å². The Bertz CT molecular complexity index is 271. The lowest BCUT2D eigenvalue weighted by atomic mass is 9.78. The van der Waals surface area contributed by atoms with Gasteiger partial charge in [-0.3, -0.25) is 9.69 Å². The molecule has 0 radical (unpaired) electrons. The molecular weight excluding hydrogens is 190 g/mol. The summed E-state index contributed by atoms with van der Waals surface area (Å²) in [6, 6.07) is 1.10. The molecular formula is C12H19NO2. The van der Waals surface area contributed by atoms with E-state index in [1.807, 2.05) is 0 Å². The van der Waals surface area contributed by atoms with Crippen LogP contribution < -0.4 is 0 Å². The number of carboxylic acid groups (broad SMARTS) is 1. The summed E-state index contributed by atoms with van der Waals surface area (Å²) >= 11 is 0. The highest BCUT2D eigenvalue weighted by atomic mass is 16.4. The van der Waals surface area contributed by atoms with Gasteiger partial charge >= 0.3 is 5.97 Å². The van der Waals surface area contributed by atoms with Crippen molar-refractivity contribution >= 4 is 5.97 Å². The molecule has 0 aromatic carbocycles. The molecule has 0 amide bonds. The predicted molar refractivity (Wildman–Crippen MR) is 56.6 cm³/mol. The first-order chi connectivity index (χ1) is 7.25. The first-order valence-electron chi connectivity index (χ1n) is 6.24. The molecule has 2 atom stereocenters. The van der Waals surface area contributed by atoms with Gasteiger partial charge in [0, 0.05) is 18.6 Å². The van der Waals surface area contributed by atoms with Crippen LogP contribution in [-0.2, 0) is 4.79 Å². The second-order valence-corrected chi connectivity index (χ2v) is 5.46. The Hall–Kier alpha value is -0.570. The molecule has 0 spiro atoms. The quantitative estimate of drug-likeness (QED) is 0.749. The number of rotatable bonds is 5. The summed E-state index contributed by atoms with van der Waals surface area (Å²) in [5.41, 5.74) is 0. The van der Waals surface area contributed by atoms with E-state index >= 15 is 0 Å². The molecule has 0 aromatic rings. The Balaban J connectivity index is 1.63. The first-order valence-corrected chi connectivity index (χ1v) is 6.24. The average Bonchev–Trinajstić information content (AvgIpc) is 2.97. The van der Waals surface area contributed by atoms with Gasteiger partial charge in [0.15, 0.2) is 0 Å². The van der Waals surface area contributed by atoms with E-state index < -0.39 is 5.97 Å². The molecule has 3 aliphatic carbocycles. The molecule has 3 saturated carbocycles. The Morgan fingerprint density at radius 3 is 2.27 bits per heavy atom. The monoisotopic (exact) mass is 209 g/mol. The van der Waals surface area contributed by atoms with Gasteiger partial charge in [-0.15, -0.1) is 0 Å². The van der Waals surface area contributed by atoms with E-state index in [4.69, 9.17) is 5.11 Å². The highest BCUT2D eigenvalue weighted by Gasteiger charge is 2.46. The van der Waals surface area contributed by atoms with Crippen molar-refractivity contribution < 1.29 is 9.90 Å². The largest absolute Gasteiger partial charge is 0.481 e. The van der Waals surface area contributed by atoms with Gasteiger partial charge in [-0.25, -0.2) is 0 Å². The lowest BCUT2D eigenvalue weighted by molar-refractivity contribution is -0.149. The average molecular weight is 209 g/mol. The van der Waals surface area contributed by atoms with Crippen LogP contribution in [0, 0.1) is 11.8 Å². The van der Waals surface area contributed by atoms with E-state index in [1.165, 1.54) is 32.2 Å².